The van der Waals surface area contributed by atoms with Gasteiger partial charge in [-0.3, -0.25) is 11.2 Å². The third-order valence-electron chi connectivity index (χ3n) is 5.70. The molecule has 2 heterocycles. The molecule has 2 aromatic rings. The zero-order valence-electron chi connectivity index (χ0n) is 18.4. The van der Waals surface area contributed by atoms with Gasteiger partial charge in [0.15, 0.2) is 0 Å². The molecule has 4 rings (SSSR count). The minimum absolute atomic E-state index is 0.873. The van der Waals surface area contributed by atoms with Crippen molar-refractivity contribution in [3.05, 3.63) is 66.0 Å². The number of hydrogen-bond acceptors (Lipinski definition) is 7. The Morgan fingerprint density at radius 2 is 1.97 bits per heavy atom. The van der Waals surface area contributed by atoms with Crippen LogP contribution in [0.2, 0.25) is 0 Å². The number of hydrogen-bond donors (Lipinski definition) is 4. The van der Waals surface area contributed by atoms with E-state index in [9.17, 15) is 0 Å². The second kappa shape index (κ2) is 9.51. The number of rotatable bonds is 8. The topological polar surface area (TPSA) is 81.0 Å². The van der Waals surface area contributed by atoms with Gasteiger partial charge in [-0.25, -0.2) is 10.0 Å². The quantitative estimate of drug-likeness (QED) is 0.491. The monoisotopic (exact) mass is 419 g/mol. The fourth-order valence-electron chi connectivity index (χ4n) is 3.93. The van der Waals surface area contributed by atoms with Gasteiger partial charge in [0.1, 0.15) is 5.82 Å². The summed E-state index contributed by atoms with van der Waals surface area (Å²) in [5.74, 6) is -0.102. The van der Waals surface area contributed by atoms with Crippen LogP contribution < -0.4 is 26.7 Å². The Kier molecular flexibility index (Phi) is 6.56. The molecule has 2 aromatic carbocycles. The number of nitrogens with zero attached hydrogens (tertiary/aromatic N) is 3. The molecule has 7 heteroatoms. The van der Waals surface area contributed by atoms with E-state index in [1.54, 1.807) is 6.21 Å². The first kappa shape index (κ1) is 21.4. The molecular weight excluding hydrogens is 386 g/mol. The average molecular weight is 420 g/mol. The molecule has 2 aliphatic heterocycles. The molecular formula is C24H33N7. The van der Waals surface area contributed by atoms with E-state index in [4.69, 9.17) is 5.73 Å². The zero-order chi connectivity index (χ0) is 21.7. The molecule has 31 heavy (non-hydrogen) atoms. The zero-order valence-corrected chi connectivity index (χ0v) is 18.4. The lowest BCUT2D eigenvalue weighted by Gasteiger charge is -2.32. The molecule has 0 aromatic heterocycles. The summed E-state index contributed by atoms with van der Waals surface area (Å²) in [7, 11) is 4.10. The van der Waals surface area contributed by atoms with E-state index in [0.717, 1.165) is 60.8 Å². The van der Waals surface area contributed by atoms with Crippen LogP contribution >= 0.6 is 0 Å². The summed E-state index contributed by atoms with van der Waals surface area (Å²) in [4.78, 5) is 6.66. The number of nitrogens with one attached hydrogen (secondary N) is 3. The van der Waals surface area contributed by atoms with E-state index >= 15 is 0 Å². The van der Waals surface area contributed by atoms with E-state index in [2.05, 4.69) is 67.4 Å². The van der Waals surface area contributed by atoms with Crippen molar-refractivity contribution in [2.75, 3.05) is 45.2 Å². The van der Waals surface area contributed by atoms with Crippen LogP contribution in [0.3, 0.4) is 0 Å². The van der Waals surface area contributed by atoms with Crippen LogP contribution in [0, 0.1) is 0 Å². The fraction of sp³-hybridized carbons (Fsp3) is 0.375. The highest BCUT2D eigenvalue weighted by Gasteiger charge is 2.28. The lowest BCUT2D eigenvalue weighted by atomic mass is 9.99. The molecule has 2 aliphatic rings. The Hall–Kier alpha value is -2.87. The number of anilines is 1. The summed E-state index contributed by atoms with van der Waals surface area (Å²) in [6.45, 7) is 4.13. The second-order valence-corrected chi connectivity index (χ2v) is 8.30. The van der Waals surface area contributed by atoms with Gasteiger partial charge in [-0.2, -0.15) is 0 Å². The molecule has 0 saturated carbocycles. The van der Waals surface area contributed by atoms with Crippen molar-refractivity contribution in [1.29, 1.82) is 0 Å². The predicted molar refractivity (Wildman–Crippen MR) is 129 cm³/mol. The minimum Gasteiger partial charge on any atom is -0.378 e. The van der Waals surface area contributed by atoms with Crippen LogP contribution in [-0.4, -0.2) is 51.5 Å². The highest BCUT2D eigenvalue weighted by atomic mass is 15.5. The van der Waals surface area contributed by atoms with Crippen molar-refractivity contribution < 1.29 is 0 Å². The normalized spacial score (nSPS) is 20.9. The Morgan fingerprint density at radius 3 is 2.74 bits per heavy atom. The summed E-state index contributed by atoms with van der Waals surface area (Å²) in [5, 5.41) is 9.12. The van der Waals surface area contributed by atoms with E-state index in [-0.39, 0.29) is 0 Å². The van der Waals surface area contributed by atoms with Gasteiger partial charge in [-0.05, 0) is 48.2 Å². The largest absolute Gasteiger partial charge is 0.378 e. The molecule has 0 amide bonds. The SMILES string of the molecule is CN(C)c1cccc(-c2cccc(C3(N)N=CC=C(NCCCN4CCCN4)N3)c2)c1. The maximum atomic E-state index is 6.68. The van der Waals surface area contributed by atoms with Gasteiger partial charge in [0, 0.05) is 57.7 Å². The van der Waals surface area contributed by atoms with E-state index < -0.39 is 5.79 Å². The first-order valence-electron chi connectivity index (χ1n) is 11.0. The number of hydrazine groups is 1. The second-order valence-electron chi connectivity index (χ2n) is 8.30. The maximum absolute atomic E-state index is 6.68. The molecule has 7 nitrogen and oxygen atoms in total. The summed E-state index contributed by atoms with van der Waals surface area (Å²) < 4.78 is 0. The van der Waals surface area contributed by atoms with Gasteiger partial charge in [-0.1, -0.05) is 30.3 Å². The minimum atomic E-state index is -0.997. The van der Waals surface area contributed by atoms with Crippen LogP contribution in [0.1, 0.15) is 18.4 Å². The lowest BCUT2D eigenvalue weighted by molar-refractivity contribution is 0.249. The van der Waals surface area contributed by atoms with Crippen molar-refractivity contribution in [3.8, 4) is 11.1 Å². The smallest absolute Gasteiger partial charge is 0.210 e. The highest BCUT2D eigenvalue weighted by molar-refractivity contribution is 5.74. The van der Waals surface area contributed by atoms with Crippen LogP contribution in [-0.2, 0) is 5.79 Å². The lowest BCUT2D eigenvalue weighted by Crippen LogP contribution is -2.52. The molecule has 164 valence electrons. The number of aliphatic imine (C=N–C) groups is 1. The highest BCUT2D eigenvalue weighted by Crippen LogP contribution is 2.28. The van der Waals surface area contributed by atoms with Crippen LogP contribution in [0.4, 0.5) is 5.69 Å². The number of nitrogens with two attached hydrogens (primary N) is 1. The van der Waals surface area contributed by atoms with Crippen LogP contribution in [0.25, 0.3) is 11.1 Å². The van der Waals surface area contributed by atoms with Crippen molar-refractivity contribution in [3.63, 3.8) is 0 Å². The first-order chi connectivity index (χ1) is 15.0. The summed E-state index contributed by atoms with van der Waals surface area (Å²) in [6.07, 6.45) is 5.99. The van der Waals surface area contributed by atoms with Crippen molar-refractivity contribution >= 4 is 11.9 Å². The van der Waals surface area contributed by atoms with Crippen molar-refractivity contribution in [2.24, 2.45) is 10.7 Å². The third kappa shape index (κ3) is 5.25. The fourth-order valence-corrected chi connectivity index (χ4v) is 3.93. The Bertz CT molecular complexity index is 946. The average Bonchev–Trinajstić information content (AvgIpc) is 3.31. The van der Waals surface area contributed by atoms with Gasteiger partial charge in [0.05, 0.1) is 0 Å². The molecule has 0 radical (unpaired) electrons. The van der Waals surface area contributed by atoms with Gasteiger partial charge < -0.3 is 15.5 Å². The maximum Gasteiger partial charge on any atom is 0.210 e. The molecule has 5 N–H and O–H groups in total. The molecule has 1 saturated heterocycles. The van der Waals surface area contributed by atoms with Crippen LogP contribution in [0.5, 0.6) is 0 Å². The predicted octanol–water partition coefficient (Wildman–Crippen LogP) is 2.19. The molecule has 1 unspecified atom stereocenters. The summed E-state index contributed by atoms with van der Waals surface area (Å²) >= 11 is 0. The summed E-state index contributed by atoms with van der Waals surface area (Å²) in [6, 6.07) is 16.8. The first-order valence-corrected chi connectivity index (χ1v) is 11.0. The Morgan fingerprint density at radius 1 is 1.16 bits per heavy atom. The number of allylic oxidation sites excluding steroid dienone is 1. The number of benzene rings is 2. The van der Waals surface area contributed by atoms with E-state index in [0.29, 0.717) is 0 Å². The van der Waals surface area contributed by atoms with Crippen molar-refractivity contribution in [2.45, 2.75) is 18.6 Å². The molecule has 0 spiro atoms. The van der Waals surface area contributed by atoms with E-state index in [1.807, 2.05) is 32.3 Å². The van der Waals surface area contributed by atoms with Gasteiger partial charge in [0.25, 0.3) is 0 Å². The van der Waals surface area contributed by atoms with E-state index in [1.165, 1.54) is 6.42 Å². The van der Waals surface area contributed by atoms with Gasteiger partial charge in [-0.15, -0.1) is 0 Å². The molecule has 1 fully saturated rings. The summed E-state index contributed by atoms with van der Waals surface area (Å²) in [5.41, 5.74) is 14.4. The Labute approximate surface area is 185 Å². The van der Waals surface area contributed by atoms with Gasteiger partial charge >= 0.3 is 0 Å². The third-order valence-corrected chi connectivity index (χ3v) is 5.70. The van der Waals surface area contributed by atoms with Crippen molar-refractivity contribution in [1.82, 2.24) is 21.1 Å². The van der Waals surface area contributed by atoms with Crippen LogP contribution in [0.15, 0.2) is 65.4 Å². The van der Waals surface area contributed by atoms with Gasteiger partial charge in [0.2, 0.25) is 5.79 Å². The molecule has 0 bridgehead atoms. The Balaban J connectivity index is 1.42. The molecule has 1 atom stereocenters. The molecule has 0 aliphatic carbocycles. The standard InChI is InChI=1S/C24H33N7/c1-30(2)22-10-4-8-20(18-22)19-7-3-9-21(17-19)24(25)27-14-11-23(29-24)26-12-5-15-31-16-6-13-28-31/h3-4,7-11,14,17-18,26,28-29H,5-6,12-13,15-16,25H2,1-2H3.